The quantitative estimate of drug-likeness (QED) is 0.341. The van der Waals surface area contributed by atoms with Crippen molar-refractivity contribution in [3.05, 3.63) is 58.7 Å². The highest BCUT2D eigenvalue weighted by molar-refractivity contribution is 7.91. The third-order valence-corrected chi connectivity index (χ3v) is 9.17. The number of fused-ring (bicyclic) bond motifs is 2. The number of ether oxygens (including phenoxy) is 1. The average Bonchev–Trinajstić information content (AvgIpc) is 2.78. The number of guanidine groups is 1. The second-order valence-corrected chi connectivity index (χ2v) is 12.0. The van der Waals surface area contributed by atoms with E-state index in [0.29, 0.717) is 19.3 Å². The SMILES string of the molecule is COC(=O)c1ccc2c(c1)S(=O)(=O)CCC2.NC(N)=NC(=O)c1ccc2c(c1)S(=O)(=O)CCC2. The molecule has 10 nitrogen and oxygen atoms in total. The zero-order chi connectivity index (χ0) is 25.1. The maximum absolute atomic E-state index is 11.9. The van der Waals surface area contributed by atoms with E-state index in [-0.39, 0.29) is 38.4 Å². The van der Waals surface area contributed by atoms with Crippen LogP contribution in [0.25, 0.3) is 0 Å². The smallest absolute Gasteiger partial charge is 0.337 e. The molecule has 0 spiro atoms. The molecule has 0 atom stereocenters. The summed E-state index contributed by atoms with van der Waals surface area (Å²) in [6.45, 7) is 0. The Morgan fingerprint density at radius 2 is 1.29 bits per heavy atom. The number of methoxy groups -OCH3 is 1. The van der Waals surface area contributed by atoms with E-state index in [9.17, 15) is 26.4 Å². The Morgan fingerprint density at radius 3 is 1.76 bits per heavy atom. The molecule has 1 amide bonds. The Bertz CT molecular complexity index is 1380. The van der Waals surface area contributed by atoms with Crippen molar-refractivity contribution in [2.45, 2.75) is 35.5 Å². The molecule has 34 heavy (non-hydrogen) atoms. The van der Waals surface area contributed by atoms with Crippen LogP contribution in [-0.2, 0) is 37.3 Å². The van der Waals surface area contributed by atoms with Crippen molar-refractivity contribution in [2.24, 2.45) is 16.5 Å². The molecule has 2 aliphatic rings. The number of aliphatic imine (C=N–C) groups is 1. The number of amides is 1. The number of nitrogens with zero attached hydrogens (tertiary/aromatic N) is 1. The summed E-state index contributed by atoms with van der Waals surface area (Å²) in [5.41, 5.74) is 12.2. The number of hydrogen-bond donors (Lipinski definition) is 2. The van der Waals surface area contributed by atoms with Gasteiger partial charge < -0.3 is 16.2 Å². The highest BCUT2D eigenvalue weighted by Gasteiger charge is 2.25. The number of carbonyl (C=O) groups excluding carboxylic acids is 2. The first-order valence-electron chi connectivity index (χ1n) is 10.4. The summed E-state index contributed by atoms with van der Waals surface area (Å²) in [7, 11) is -5.23. The van der Waals surface area contributed by atoms with Crippen LogP contribution < -0.4 is 11.5 Å². The summed E-state index contributed by atoms with van der Waals surface area (Å²) in [6, 6.07) is 9.23. The standard InChI is InChI=1S/C11H13N3O3S.C11H12O4S/c12-11(13)14-10(15)8-4-3-7-2-1-5-18(16,17)9(7)6-8;1-15-11(12)9-5-4-8-3-2-6-16(13,14)10(8)7-9/h3-4,6H,1-2,5H2,(H4,12,13,14,15);4-5,7H,2-3,6H2,1H3. The Labute approximate surface area is 197 Å². The highest BCUT2D eigenvalue weighted by Crippen LogP contribution is 2.27. The van der Waals surface area contributed by atoms with Gasteiger partial charge in [0.25, 0.3) is 5.91 Å². The molecule has 0 aliphatic carbocycles. The van der Waals surface area contributed by atoms with Crippen LogP contribution in [-0.4, -0.2) is 53.3 Å². The van der Waals surface area contributed by atoms with E-state index in [1.54, 1.807) is 18.2 Å². The fourth-order valence-electron chi connectivity index (χ4n) is 3.79. The van der Waals surface area contributed by atoms with E-state index in [4.69, 9.17) is 11.5 Å². The van der Waals surface area contributed by atoms with Crippen molar-refractivity contribution in [2.75, 3.05) is 18.6 Å². The molecule has 0 unspecified atom stereocenters. The van der Waals surface area contributed by atoms with Crippen molar-refractivity contribution >= 4 is 37.5 Å². The van der Waals surface area contributed by atoms with E-state index in [0.717, 1.165) is 17.5 Å². The summed E-state index contributed by atoms with van der Waals surface area (Å²) in [4.78, 5) is 26.8. The van der Waals surface area contributed by atoms with Crippen LogP contribution >= 0.6 is 0 Å². The zero-order valence-electron chi connectivity index (χ0n) is 18.5. The molecule has 2 aliphatic heterocycles. The Balaban J connectivity index is 0.000000192. The molecule has 0 aromatic heterocycles. The van der Waals surface area contributed by atoms with Gasteiger partial charge in [-0.05, 0) is 61.1 Å². The van der Waals surface area contributed by atoms with E-state index in [1.807, 2.05) is 0 Å². The lowest BCUT2D eigenvalue weighted by molar-refractivity contribution is 0.0600. The molecule has 2 aromatic rings. The topological polar surface area (TPSA) is 176 Å². The Kier molecular flexibility index (Phi) is 7.41. The van der Waals surface area contributed by atoms with Gasteiger partial charge in [-0.25, -0.2) is 21.6 Å². The predicted octanol–water partition coefficient (Wildman–Crippen LogP) is 1.01. The molecule has 182 valence electrons. The summed E-state index contributed by atoms with van der Waals surface area (Å²) in [5.74, 6) is -1.23. The Hall–Kier alpha value is -3.25. The number of sulfone groups is 2. The fourth-order valence-corrected chi connectivity index (χ4v) is 7.03. The molecular formula is C22H25N3O7S2. The molecular weight excluding hydrogens is 482 g/mol. The second kappa shape index (κ2) is 9.94. The van der Waals surface area contributed by atoms with Gasteiger partial charge in [0.15, 0.2) is 25.6 Å². The van der Waals surface area contributed by atoms with Gasteiger partial charge in [-0.15, -0.1) is 0 Å². The normalized spacial score (nSPS) is 17.1. The van der Waals surface area contributed by atoms with E-state index in [2.05, 4.69) is 9.73 Å². The summed E-state index contributed by atoms with van der Waals surface area (Å²) in [5, 5.41) is 0. The van der Waals surface area contributed by atoms with Gasteiger partial charge in [-0.1, -0.05) is 12.1 Å². The Morgan fingerprint density at radius 1 is 0.824 bits per heavy atom. The monoisotopic (exact) mass is 507 g/mol. The van der Waals surface area contributed by atoms with E-state index in [1.165, 1.54) is 25.3 Å². The van der Waals surface area contributed by atoms with Gasteiger partial charge >= 0.3 is 5.97 Å². The van der Waals surface area contributed by atoms with Gasteiger partial charge in [-0.3, -0.25) is 4.79 Å². The van der Waals surface area contributed by atoms with Crippen LogP contribution in [0, 0.1) is 0 Å². The van der Waals surface area contributed by atoms with Gasteiger partial charge in [0, 0.05) is 5.56 Å². The molecule has 0 saturated heterocycles. The van der Waals surface area contributed by atoms with E-state index < -0.39 is 31.6 Å². The summed E-state index contributed by atoms with van der Waals surface area (Å²) < 4.78 is 51.9. The number of esters is 1. The number of nitrogens with two attached hydrogens (primary N) is 2. The van der Waals surface area contributed by atoms with Gasteiger partial charge in [-0.2, -0.15) is 4.99 Å². The van der Waals surface area contributed by atoms with Crippen LogP contribution in [0.4, 0.5) is 0 Å². The first-order chi connectivity index (χ1) is 15.9. The molecule has 2 heterocycles. The maximum Gasteiger partial charge on any atom is 0.337 e. The van der Waals surface area contributed by atoms with Gasteiger partial charge in [0.1, 0.15) is 0 Å². The van der Waals surface area contributed by atoms with Crippen LogP contribution in [0.5, 0.6) is 0 Å². The van der Waals surface area contributed by atoms with Crippen molar-refractivity contribution < 1.29 is 31.2 Å². The minimum absolute atomic E-state index is 0.111. The lowest BCUT2D eigenvalue weighted by atomic mass is 10.1. The maximum atomic E-state index is 11.9. The summed E-state index contributed by atoms with van der Waals surface area (Å²) >= 11 is 0. The number of hydrogen-bond acceptors (Lipinski definition) is 7. The molecule has 2 aromatic carbocycles. The lowest BCUT2D eigenvalue weighted by Gasteiger charge is -2.16. The highest BCUT2D eigenvalue weighted by atomic mass is 32.2. The molecule has 0 bridgehead atoms. The van der Waals surface area contributed by atoms with Crippen molar-refractivity contribution in [3.8, 4) is 0 Å². The minimum atomic E-state index is -3.29. The van der Waals surface area contributed by atoms with Gasteiger partial charge in [0.2, 0.25) is 0 Å². The second-order valence-electron chi connectivity index (χ2n) is 7.82. The summed E-state index contributed by atoms with van der Waals surface area (Å²) in [6.07, 6.45) is 2.70. The molecule has 0 fully saturated rings. The van der Waals surface area contributed by atoms with Crippen LogP contribution in [0.1, 0.15) is 44.7 Å². The van der Waals surface area contributed by atoms with Gasteiger partial charge in [0.05, 0.1) is 34.0 Å². The number of rotatable bonds is 2. The van der Waals surface area contributed by atoms with Crippen LogP contribution in [0.15, 0.2) is 51.2 Å². The number of benzene rings is 2. The zero-order valence-corrected chi connectivity index (χ0v) is 20.1. The van der Waals surface area contributed by atoms with Crippen LogP contribution in [0.2, 0.25) is 0 Å². The molecule has 0 saturated carbocycles. The third-order valence-electron chi connectivity index (χ3n) is 5.42. The number of carbonyl (C=O) groups is 2. The van der Waals surface area contributed by atoms with Crippen molar-refractivity contribution in [1.82, 2.24) is 0 Å². The fraction of sp³-hybridized carbons (Fsp3) is 0.318. The average molecular weight is 508 g/mol. The third kappa shape index (κ3) is 5.62. The molecule has 4 rings (SSSR count). The van der Waals surface area contributed by atoms with E-state index >= 15 is 0 Å². The predicted molar refractivity (Wildman–Crippen MR) is 125 cm³/mol. The van der Waals surface area contributed by atoms with Crippen LogP contribution in [0.3, 0.4) is 0 Å². The van der Waals surface area contributed by atoms with Crippen molar-refractivity contribution in [1.29, 1.82) is 0 Å². The molecule has 4 N–H and O–H groups in total. The number of aryl methyl sites for hydroxylation is 2. The molecule has 0 radical (unpaired) electrons. The molecule has 12 heteroatoms. The largest absolute Gasteiger partial charge is 0.465 e. The lowest BCUT2D eigenvalue weighted by Crippen LogP contribution is -2.24. The van der Waals surface area contributed by atoms with Crippen molar-refractivity contribution in [3.63, 3.8) is 0 Å². The first kappa shape index (κ1) is 25.4. The minimum Gasteiger partial charge on any atom is -0.465 e. The first-order valence-corrected chi connectivity index (χ1v) is 13.7.